The molecule has 1 fully saturated rings. The number of amides is 2. The van der Waals surface area contributed by atoms with Gasteiger partial charge >= 0.3 is 0 Å². The van der Waals surface area contributed by atoms with Crippen molar-refractivity contribution in [2.75, 3.05) is 18.4 Å². The number of piperidine rings is 1. The standard InChI is InChI=1S/C23H24N4O2S/c1-15-6-5-8-18(14-15)23(29)27-12-10-17(11-13-27)21-25-26-22(30-21)20(28)24-19-9-4-3-7-16(19)2/h3-9,14,17H,10-13H2,1-2H3,(H,24,28). The maximum Gasteiger partial charge on any atom is 0.286 e. The second kappa shape index (κ2) is 8.75. The van der Waals surface area contributed by atoms with E-state index < -0.39 is 0 Å². The summed E-state index contributed by atoms with van der Waals surface area (Å²) in [5, 5.41) is 12.5. The third-order valence-corrected chi connectivity index (χ3v) is 6.51. The van der Waals surface area contributed by atoms with Crippen LogP contribution in [-0.2, 0) is 0 Å². The van der Waals surface area contributed by atoms with E-state index >= 15 is 0 Å². The summed E-state index contributed by atoms with van der Waals surface area (Å²) in [6.07, 6.45) is 1.65. The van der Waals surface area contributed by atoms with Crippen molar-refractivity contribution in [3.8, 4) is 0 Å². The minimum atomic E-state index is -0.236. The number of nitrogens with zero attached hydrogens (tertiary/aromatic N) is 3. The number of aromatic nitrogens is 2. The van der Waals surface area contributed by atoms with E-state index in [2.05, 4.69) is 15.5 Å². The summed E-state index contributed by atoms with van der Waals surface area (Å²) in [6.45, 7) is 5.31. The van der Waals surface area contributed by atoms with Gasteiger partial charge in [0.15, 0.2) is 0 Å². The van der Waals surface area contributed by atoms with Crippen molar-refractivity contribution in [3.63, 3.8) is 0 Å². The molecule has 30 heavy (non-hydrogen) atoms. The van der Waals surface area contributed by atoms with Crippen molar-refractivity contribution in [2.45, 2.75) is 32.6 Å². The first-order chi connectivity index (χ1) is 14.5. The van der Waals surface area contributed by atoms with E-state index in [1.165, 1.54) is 11.3 Å². The number of aryl methyl sites for hydroxylation is 2. The lowest BCUT2D eigenvalue weighted by Crippen LogP contribution is -2.37. The van der Waals surface area contributed by atoms with Crippen molar-refractivity contribution in [2.24, 2.45) is 0 Å². The largest absolute Gasteiger partial charge is 0.339 e. The van der Waals surface area contributed by atoms with Gasteiger partial charge in [0.25, 0.3) is 11.8 Å². The molecule has 1 N–H and O–H groups in total. The van der Waals surface area contributed by atoms with Gasteiger partial charge in [0, 0.05) is 30.3 Å². The monoisotopic (exact) mass is 420 g/mol. The van der Waals surface area contributed by atoms with Crippen molar-refractivity contribution < 1.29 is 9.59 Å². The third kappa shape index (κ3) is 4.41. The van der Waals surface area contributed by atoms with Crippen LogP contribution in [0.2, 0.25) is 0 Å². The van der Waals surface area contributed by atoms with Gasteiger partial charge in [0.05, 0.1) is 0 Å². The Bertz CT molecular complexity index is 1070. The van der Waals surface area contributed by atoms with Gasteiger partial charge < -0.3 is 10.2 Å². The predicted octanol–water partition coefficient (Wildman–Crippen LogP) is 4.43. The maximum atomic E-state index is 12.7. The molecule has 154 valence electrons. The summed E-state index contributed by atoms with van der Waals surface area (Å²) in [5.41, 5.74) is 3.60. The zero-order chi connectivity index (χ0) is 21.1. The van der Waals surface area contributed by atoms with Gasteiger partial charge in [0.1, 0.15) is 5.01 Å². The van der Waals surface area contributed by atoms with Crippen LogP contribution < -0.4 is 5.32 Å². The molecule has 2 heterocycles. The first-order valence-corrected chi connectivity index (χ1v) is 10.9. The summed E-state index contributed by atoms with van der Waals surface area (Å²) < 4.78 is 0. The number of anilines is 1. The number of hydrogen-bond donors (Lipinski definition) is 1. The molecule has 3 aromatic rings. The lowest BCUT2D eigenvalue weighted by atomic mass is 9.97. The summed E-state index contributed by atoms with van der Waals surface area (Å²) in [6, 6.07) is 15.3. The van der Waals surface area contributed by atoms with E-state index in [4.69, 9.17) is 0 Å². The number of carbonyl (C=O) groups is 2. The van der Waals surface area contributed by atoms with E-state index in [-0.39, 0.29) is 17.7 Å². The van der Waals surface area contributed by atoms with Crippen LogP contribution in [0.25, 0.3) is 0 Å². The van der Waals surface area contributed by atoms with Gasteiger partial charge in [-0.3, -0.25) is 9.59 Å². The van der Waals surface area contributed by atoms with Crippen molar-refractivity contribution in [1.29, 1.82) is 0 Å². The number of benzene rings is 2. The first-order valence-electron chi connectivity index (χ1n) is 10.1. The van der Waals surface area contributed by atoms with Gasteiger partial charge in [-0.05, 0) is 50.5 Å². The van der Waals surface area contributed by atoms with Gasteiger partial charge in [0.2, 0.25) is 5.01 Å². The lowest BCUT2D eigenvalue weighted by molar-refractivity contribution is 0.0712. The average Bonchev–Trinajstić information content (AvgIpc) is 3.25. The molecule has 4 rings (SSSR count). The molecule has 7 heteroatoms. The summed E-state index contributed by atoms with van der Waals surface area (Å²) in [5.74, 6) is 0.0666. The smallest absolute Gasteiger partial charge is 0.286 e. The zero-order valence-corrected chi connectivity index (χ0v) is 17.9. The summed E-state index contributed by atoms with van der Waals surface area (Å²) in [7, 11) is 0. The Morgan fingerprint density at radius 3 is 2.53 bits per heavy atom. The third-order valence-electron chi connectivity index (χ3n) is 5.42. The van der Waals surface area contributed by atoms with Gasteiger partial charge in [-0.1, -0.05) is 47.2 Å². The second-order valence-corrected chi connectivity index (χ2v) is 8.66. The van der Waals surface area contributed by atoms with E-state index in [0.717, 1.165) is 40.2 Å². The molecule has 0 spiro atoms. The first kappa shape index (κ1) is 20.2. The number of likely N-dealkylation sites (tertiary alicyclic amines) is 1. The normalized spacial score (nSPS) is 14.5. The van der Waals surface area contributed by atoms with Crippen LogP contribution in [0.5, 0.6) is 0 Å². The molecule has 0 aliphatic carbocycles. The van der Waals surface area contributed by atoms with E-state index in [1.54, 1.807) is 0 Å². The van der Waals surface area contributed by atoms with Crippen LogP contribution in [0, 0.1) is 13.8 Å². The molecular formula is C23H24N4O2S. The van der Waals surface area contributed by atoms with Crippen LogP contribution in [-0.4, -0.2) is 40.0 Å². The fourth-order valence-electron chi connectivity index (χ4n) is 3.67. The Balaban J connectivity index is 1.36. The molecule has 0 bridgehead atoms. The molecular weight excluding hydrogens is 396 g/mol. The molecule has 6 nitrogen and oxygen atoms in total. The summed E-state index contributed by atoms with van der Waals surface area (Å²) >= 11 is 1.34. The number of carbonyl (C=O) groups excluding carboxylic acids is 2. The van der Waals surface area contributed by atoms with Crippen LogP contribution in [0.3, 0.4) is 0 Å². The lowest BCUT2D eigenvalue weighted by Gasteiger charge is -2.31. The predicted molar refractivity (Wildman–Crippen MR) is 118 cm³/mol. The van der Waals surface area contributed by atoms with E-state index in [1.807, 2.05) is 67.3 Å². The number of para-hydroxylation sites is 1. The highest BCUT2D eigenvalue weighted by atomic mass is 32.1. The highest BCUT2D eigenvalue weighted by Crippen LogP contribution is 2.31. The topological polar surface area (TPSA) is 75.2 Å². The van der Waals surface area contributed by atoms with Gasteiger partial charge in [-0.2, -0.15) is 0 Å². The quantitative estimate of drug-likeness (QED) is 0.678. The SMILES string of the molecule is Cc1cccc(C(=O)N2CCC(c3nnc(C(=O)Nc4ccccc4C)s3)CC2)c1. The molecule has 2 amide bonds. The molecule has 1 saturated heterocycles. The van der Waals surface area contributed by atoms with Crippen LogP contribution in [0.1, 0.15) is 55.1 Å². The number of hydrogen-bond acceptors (Lipinski definition) is 5. The molecule has 1 aromatic heterocycles. The van der Waals surface area contributed by atoms with Crippen molar-refractivity contribution in [3.05, 3.63) is 75.2 Å². The van der Waals surface area contributed by atoms with Gasteiger partial charge in [-0.15, -0.1) is 10.2 Å². The van der Waals surface area contributed by atoms with Crippen LogP contribution in [0.15, 0.2) is 48.5 Å². The Morgan fingerprint density at radius 2 is 1.80 bits per heavy atom. The van der Waals surface area contributed by atoms with Crippen molar-refractivity contribution in [1.82, 2.24) is 15.1 Å². The molecule has 0 atom stereocenters. The van der Waals surface area contributed by atoms with Crippen LogP contribution >= 0.6 is 11.3 Å². The van der Waals surface area contributed by atoms with Gasteiger partial charge in [-0.25, -0.2) is 0 Å². The number of rotatable bonds is 4. The molecule has 0 radical (unpaired) electrons. The molecule has 0 unspecified atom stereocenters. The Kier molecular flexibility index (Phi) is 5.90. The molecule has 1 aliphatic heterocycles. The highest BCUT2D eigenvalue weighted by molar-refractivity contribution is 7.13. The van der Waals surface area contributed by atoms with Crippen LogP contribution in [0.4, 0.5) is 5.69 Å². The summed E-state index contributed by atoms with van der Waals surface area (Å²) in [4.78, 5) is 27.2. The molecule has 0 saturated carbocycles. The van der Waals surface area contributed by atoms with E-state index in [0.29, 0.717) is 18.1 Å². The molecule has 2 aromatic carbocycles. The number of nitrogens with one attached hydrogen (secondary N) is 1. The fraction of sp³-hybridized carbons (Fsp3) is 0.304. The molecule has 1 aliphatic rings. The average molecular weight is 421 g/mol. The Labute approximate surface area is 180 Å². The minimum absolute atomic E-state index is 0.0766. The maximum absolute atomic E-state index is 12.7. The van der Waals surface area contributed by atoms with Crippen molar-refractivity contribution >= 4 is 28.8 Å². The highest BCUT2D eigenvalue weighted by Gasteiger charge is 2.27. The minimum Gasteiger partial charge on any atom is -0.339 e. The second-order valence-electron chi connectivity index (χ2n) is 7.65. The van der Waals surface area contributed by atoms with E-state index in [9.17, 15) is 9.59 Å². The zero-order valence-electron chi connectivity index (χ0n) is 17.1. The Hall–Kier alpha value is -3.06. The fourth-order valence-corrected chi connectivity index (χ4v) is 4.58. The Morgan fingerprint density at radius 1 is 1.03 bits per heavy atom.